The van der Waals surface area contributed by atoms with Crippen molar-refractivity contribution in [1.29, 1.82) is 0 Å². The van der Waals surface area contributed by atoms with Crippen LogP contribution in [0.25, 0.3) is 0 Å². The first-order chi connectivity index (χ1) is 6.83. The van der Waals surface area contributed by atoms with Crippen molar-refractivity contribution in [3.05, 3.63) is 34.9 Å². The molecule has 0 amide bonds. The monoisotopic (exact) mass is 212 g/mol. The van der Waals surface area contributed by atoms with Gasteiger partial charge >= 0.3 is 0 Å². The second kappa shape index (κ2) is 6.82. The molecule has 2 nitrogen and oxygen atoms in total. The van der Waals surface area contributed by atoms with Crippen molar-refractivity contribution in [2.75, 3.05) is 19.6 Å². The van der Waals surface area contributed by atoms with Crippen molar-refractivity contribution in [2.24, 2.45) is 0 Å². The van der Waals surface area contributed by atoms with E-state index in [0.717, 1.165) is 31.2 Å². The number of hydrogen-bond acceptors (Lipinski definition) is 2. The Morgan fingerprint density at radius 3 is 2.71 bits per heavy atom. The van der Waals surface area contributed by atoms with Gasteiger partial charge in [-0.05, 0) is 24.2 Å². The van der Waals surface area contributed by atoms with E-state index in [9.17, 15) is 0 Å². The average molecular weight is 213 g/mol. The predicted molar refractivity (Wildman–Crippen MR) is 61.7 cm³/mol. The Morgan fingerprint density at radius 1 is 1.21 bits per heavy atom. The third-order valence-electron chi connectivity index (χ3n) is 1.95. The zero-order valence-corrected chi connectivity index (χ0v) is 9.27. The van der Waals surface area contributed by atoms with Crippen LogP contribution in [0.3, 0.4) is 0 Å². The lowest BCUT2D eigenvalue weighted by atomic mass is 10.2. The third-order valence-corrected chi connectivity index (χ3v) is 2.18. The Morgan fingerprint density at radius 2 is 2.00 bits per heavy atom. The van der Waals surface area contributed by atoms with Crippen LogP contribution in [-0.2, 0) is 6.54 Å². The third kappa shape index (κ3) is 4.61. The van der Waals surface area contributed by atoms with Crippen LogP contribution in [0.5, 0.6) is 0 Å². The largest absolute Gasteiger partial charge is 0.316 e. The molecule has 3 heteroatoms. The Bertz CT molecular complexity index is 263. The predicted octanol–water partition coefficient (Wildman–Crippen LogP) is 2.04. The maximum Gasteiger partial charge on any atom is 0.0409 e. The zero-order chi connectivity index (χ0) is 10.2. The highest BCUT2D eigenvalue weighted by Gasteiger charge is 1.92. The van der Waals surface area contributed by atoms with Crippen LogP contribution in [0, 0.1) is 0 Å². The zero-order valence-electron chi connectivity index (χ0n) is 8.52. The molecule has 0 aliphatic heterocycles. The van der Waals surface area contributed by atoms with Gasteiger partial charge in [0, 0.05) is 24.7 Å². The summed E-state index contributed by atoms with van der Waals surface area (Å²) in [6.45, 7) is 6.01. The molecular weight excluding hydrogens is 196 g/mol. The first-order valence-electron chi connectivity index (χ1n) is 4.99. The van der Waals surface area contributed by atoms with Gasteiger partial charge in [0.25, 0.3) is 0 Å². The van der Waals surface area contributed by atoms with Crippen molar-refractivity contribution in [3.8, 4) is 0 Å². The van der Waals surface area contributed by atoms with Crippen LogP contribution >= 0.6 is 11.6 Å². The number of rotatable bonds is 6. The molecule has 0 fully saturated rings. The summed E-state index contributed by atoms with van der Waals surface area (Å²) in [5, 5.41) is 7.40. The van der Waals surface area contributed by atoms with E-state index in [1.54, 1.807) is 0 Å². The van der Waals surface area contributed by atoms with Gasteiger partial charge in [-0.1, -0.05) is 30.7 Å². The molecule has 0 aliphatic carbocycles. The number of benzene rings is 1. The summed E-state index contributed by atoms with van der Waals surface area (Å²) in [5.74, 6) is 0. The topological polar surface area (TPSA) is 24.1 Å². The molecule has 1 aromatic rings. The summed E-state index contributed by atoms with van der Waals surface area (Å²) < 4.78 is 0. The Labute approximate surface area is 90.7 Å². The van der Waals surface area contributed by atoms with E-state index in [1.807, 2.05) is 18.2 Å². The van der Waals surface area contributed by atoms with Crippen LogP contribution in [0.4, 0.5) is 0 Å². The second-order valence-electron chi connectivity index (χ2n) is 3.16. The van der Waals surface area contributed by atoms with E-state index < -0.39 is 0 Å². The molecule has 1 aromatic carbocycles. The fraction of sp³-hybridized carbons (Fsp3) is 0.455. The van der Waals surface area contributed by atoms with Gasteiger partial charge in [-0.3, -0.25) is 0 Å². The maximum absolute atomic E-state index is 5.87. The first-order valence-corrected chi connectivity index (χ1v) is 5.36. The Kier molecular flexibility index (Phi) is 5.60. The second-order valence-corrected chi connectivity index (χ2v) is 3.60. The van der Waals surface area contributed by atoms with Crippen molar-refractivity contribution in [2.45, 2.75) is 13.5 Å². The van der Waals surface area contributed by atoms with Gasteiger partial charge < -0.3 is 10.6 Å². The van der Waals surface area contributed by atoms with E-state index in [2.05, 4.69) is 23.6 Å². The Balaban J connectivity index is 2.18. The highest BCUT2D eigenvalue weighted by atomic mass is 35.5. The molecule has 0 saturated heterocycles. The first kappa shape index (κ1) is 11.5. The lowest BCUT2D eigenvalue weighted by Gasteiger charge is -2.05. The fourth-order valence-electron chi connectivity index (χ4n) is 1.23. The summed E-state index contributed by atoms with van der Waals surface area (Å²) >= 11 is 5.87. The molecule has 0 aliphatic rings. The lowest BCUT2D eigenvalue weighted by molar-refractivity contribution is 0.625. The summed E-state index contributed by atoms with van der Waals surface area (Å²) in [4.78, 5) is 0. The molecule has 1 rings (SSSR count). The molecule has 0 atom stereocenters. The van der Waals surface area contributed by atoms with Gasteiger partial charge in [-0.2, -0.15) is 0 Å². The van der Waals surface area contributed by atoms with Crippen molar-refractivity contribution >= 4 is 11.6 Å². The summed E-state index contributed by atoms with van der Waals surface area (Å²) in [6, 6.07) is 7.93. The van der Waals surface area contributed by atoms with E-state index in [0.29, 0.717) is 0 Å². The van der Waals surface area contributed by atoms with Gasteiger partial charge in [-0.25, -0.2) is 0 Å². The minimum absolute atomic E-state index is 0.802. The highest BCUT2D eigenvalue weighted by molar-refractivity contribution is 6.30. The van der Waals surface area contributed by atoms with Gasteiger partial charge in [-0.15, -0.1) is 0 Å². The maximum atomic E-state index is 5.87. The molecule has 14 heavy (non-hydrogen) atoms. The minimum atomic E-state index is 0.802. The smallest absolute Gasteiger partial charge is 0.0409 e. The fourth-order valence-corrected chi connectivity index (χ4v) is 1.45. The van der Waals surface area contributed by atoms with Crippen LogP contribution in [0.1, 0.15) is 12.5 Å². The number of hydrogen-bond donors (Lipinski definition) is 2. The van der Waals surface area contributed by atoms with E-state index >= 15 is 0 Å². The summed E-state index contributed by atoms with van der Waals surface area (Å²) in [6.07, 6.45) is 0. The van der Waals surface area contributed by atoms with Crippen molar-refractivity contribution < 1.29 is 0 Å². The molecule has 0 radical (unpaired) electrons. The van der Waals surface area contributed by atoms with Gasteiger partial charge in [0.1, 0.15) is 0 Å². The molecule has 2 N–H and O–H groups in total. The average Bonchev–Trinajstić information content (AvgIpc) is 2.18. The van der Waals surface area contributed by atoms with E-state index in [4.69, 9.17) is 11.6 Å². The molecule has 0 aromatic heterocycles. The number of halogens is 1. The van der Waals surface area contributed by atoms with Crippen LogP contribution in [0.2, 0.25) is 5.02 Å². The SMILES string of the molecule is CCNCCNCc1cccc(Cl)c1. The van der Waals surface area contributed by atoms with Crippen LogP contribution in [-0.4, -0.2) is 19.6 Å². The van der Waals surface area contributed by atoms with E-state index in [1.165, 1.54) is 5.56 Å². The molecule has 0 bridgehead atoms. The minimum Gasteiger partial charge on any atom is -0.316 e. The molecule has 0 spiro atoms. The van der Waals surface area contributed by atoms with Crippen LogP contribution in [0.15, 0.2) is 24.3 Å². The quantitative estimate of drug-likeness (QED) is 0.706. The van der Waals surface area contributed by atoms with Gasteiger partial charge in [0.05, 0.1) is 0 Å². The van der Waals surface area contributed by atoms with Gasteiger partial charge in [0.2, 0.25) is 0 Å². The summed E-state index contributed by atoms with van der Waals surface area (Å²) in [5.41, 5.74) is 1.23. The summed E-state index contributed by atoms with van der Waals surface area (Å²) in [7, 11) is 0. The van der Waals surface area contributed by atoms with Crippen molar-refractivity contribution in [1.82, 2.24) is 10.6 Å². The standard InChI is InChI=1S/C11H17ClN2/c1-2-13-6-7-14-9-10-4-3-5-11(12)8-10/h3-5,8,13-14H,2,6-7,9H2,1H3. The molecule has 0 saturated carbocycles. The number of nitrogens with one attached hydrogen (secondary N) is 2. The lowest BCUT2D eigenvalue weighted by Crippen LogP contribution is -2.26. The van der Waals surface area contributed by atoms with Gasteiger partial charge in [0.15, 0.2) is 0 Å². The molecule has 78 valence electrons. The number of likely N-dealkylation sites (N-methyl/N-ethyl adjacent to an activating group) is 1. The normalized spacial score (nSPS) is 10.4. The van der Waals surface area contributed by atoms with Crippen molar-refractivity contribution in [3.63, 3.8) is 0 Å². The molecular formula is C11H17ClN2. The highest BCUT2D eigenvalue weighted by Crippen LogP contribution is 2.09. The van der Waals surface area contributed by atoms with E-state index in [-0.39, 0.29) is 0 Å². The molecule has 0 unspecified atom stereocenters. The Hall–Kier alpha value is -0.570. The van der Waals surface area contributed by atoms with Crippen LogP contribution < -0.4 is 10.6 Å². The molecule has 0 heterocycles.